The standard InChI is InChI=1S/C13H25N3O2.ClH/c1-11(9-14)15(2)13(18)10-16-8-6-4-3-5-7-12(16)17;/h11H,3-10,14H2,1-2H3;1H. The first-order valence-electron chi connectivity index (χ1n) is 6.79. The number of carbonyl (C=O) groups is 2. The molecule has 19 heavy (non-hydrogen) atoms. The molecular weight excluding hydrogens is 266 g/mol. The number of rotatable bonds is 4. The van der Waals surface area contributed by atoms with Crippen LogP contribution < -0.4 is 5.73 Å². The predicted molar refractivity (Wildman–Crippen MR) is 78.2 cm³/mol. The molecule has 5 nitrogen and oxygen atoms in total. The van der Waals surface area contributed by atoms with Gasteiger partial charge in [0, 0.05) is 32.6 Å². The van der Waals surface area contributed by atoms with Crippen molar-refractivity contribution in [3.63, 3.8) is 0 Å². The molecule has 0 spiro atoms. The van der Waals surface area contributed by atoms with E-state index in [0.717, 1.165) is 25.7 Å². The van der Waals surface area contributed by atoms with Gasteiger partial charge in [-0.1, -0.05) is 12.8 Å². The van der Waals surface area contributed by atoms with E-state index in [9.17, 15) is 9.59 Å². The molecule has 1 atom stereocenters. The van der Waals surface area contributed by atoms with Crippen LogP contribution in [0.25, 0.3) is 0 Å². The van der Waals surface area contributed by atoms with Gasteiger partial charge in [0.1, 0.15) is 0 Å². The average Bonchev–Trinajstić information content (AvgIpc) is 2.36. The summed E-state index contributed by atoms with van der Waals surface area (Å²) in [5.74, 6) is 0.0822. The molecule has 0 aromatic carbocycles. The zero-order valence-electron chi connectivity index (χ0n) is 11.9. The maximum Gasteiger partial charge on any atom is 0.242 e. The summed E-state index contributed by atoms with van der Waals surface area (Å²) in [5.41, 5.74) is 5.54. The first-order valence-corrected chi connectivity index (χ1v) is 6.79. The van der Waals surface area contributed by atoms with E-state index >= 15 is 0 Å². The van der Waals surface area contributed by atoms with Gasteiger partial charge in [-0.3, -0.25) is 9.59 Å². The van der Waals surface area contributed by atoms with Crippen LogP contribution in [0.1, 0.15) is 39.0 Å². The molecule has 1 saturated heterocycles. The summed E-state index contributed by atoms with van der Waals surface area (Å²) in [6.45, 7) is 3.25. The van der Waals surface area contributed by atoms with Gasteiger partial charge < -0.3 is 15.5 Å². The highest BCUT2D eigenvalue weighted by Crippen LogP contribution is 2.12. The summed E-state index contributed by atoms with van der Waals surface area (Å²) in [4.78, 5) is 27.3. The first-order chi connectivity index (χ1) is 8.56. The van der Waals surface area contributed by atoms with Crippen LogP contribution in [-0.4, -0.2) is 54.3 Å². The van der Waals surface area contributed by atoms with Crippen LogP contribution in [-0.2, 0) is 9.59 Å². The average molecular weight is 292 g/mol. The van der Waals surface area contributed by atoms with Gasteiger partial charge in [0.25, 0.3) is 0 Å². The second kappa shape index (κ2) is 9.15. The molecule has 0 saturated carbocycles. The predicted octanol–water partition coefficient (Wildman–Crippen LogP) is 1.01. The Morgan fingerprint density at radius 2 is 2.00 bits per heavy atom. The lowest BCUT2D eigenvalue weighted by Crippen LogP contribution is -2.46. The third kappa shape index (κ3) is 5.78. The summed E-state index contributed by atoms with van der Waals surface area (Å²) in [6.07, 6.45) is 4.78. The van der Waals surface area contributed by atoms with Crippen molar-refractivity contribution >= 4 is 24.2 Å². The molecule has 1 aliphatic rings. The molecule has 0 bridgehead atoms. The minimum atomic E-state index is -0.0260. The van der Waals surface area contributed by atoms with E-state index in [-0.39, 0.29) is 36.8 Å². The molecule has 2 amide bonds. The van der Waals surface area contributed by atoms with E-state index in [0.29, 0.717) is 19.5 Å². The van der Waals surface area contributed by atoms with Crippen LogP contribution >= 0.6 is 12.4 Å². The van der Waals surface area contributed by atoms with Gasteiger partial charge in [-0.15, -0.1) is 12.4 Å². The minimum absolute atomic E-state index is 0. The second-order valence-electron chi connectivity index (χ2n) is 5.07. The molecule has 1 unspecified atom stereocenters. The lowest BCUT2D eigenvalue weighted by Gasteiger charge is -2.29. The van der Waals surface area contributed by atoms with Crippen molar-refractivity contribution in [2.24, 2.45) is 5.73 Å². The molecule has 0 aromatic rings. The summed E-state index contributed by atoms with van der Waals surface area (Å²) < 4.78 is 0. The highest BCUT2D eigenvalue weighted by Gasteiger charge is 2.21. The number of halogens is 1. The number of likely N-dealkylation sites (tertiary alicyclic amines) is 1. The van der Waals surface area contributed by atoms with Gasteiger partial charge in [-0.2, -0.15) is 0 Å². The highest BCUT2D eigenvalue weighted by molar-refractivity contribution is 5.85. The van der Waals surface area contributed by atoms with Crippen molar-refractivity contribution in [2.45, 2.75) is 45.1 Å². The third-order valence-electron chi connectivity index (χ3n) is 3.64. The van der Waals surface area contributed by atoms with Crippen LogP contribution in [0.5, 0.6) is 0 Å². The Bertz CT molecular complexity index is 300. The Morgan fingerprint density at radius 3 is 2.63 bits per heavy atom. The van der Waals surface area contributed by atoms with E-state index in [2.05, 4.69) is 0 Å². The largest absolute Gasteiger partial charge is 0.340 e. The van der Waals surface area contributed by atoms with E-state index < -0.39 is 0 Å². The lowest BCUT2D eigenvalue weighted by molar-refractivity contribution is -0.141. The smallest absolute Gasteiger partial charge is 0.242 e. The molecule has 1 rings (SSSR count). The Labute approximate surface area is 121 Å². The van der Waals surface area contributed by atoms with E-state index in [4.69, 9.17) is 5.73 Å². The number of likely N-dealkylation sites (N-methyl/N-ethyl adjacent to an activating group) is 1. The number of carbonyl (C=O) groups excluding carboxylic acids is 2. The number of nitrogens with zero attached hydrogens (tertiary/aromatic N) is 2. The topological polar surface area (TPSA) is 66.6 Å². The molecule has 2 N–H and O–H groups in total. The Hall–Kier alpha value is -0.810. The summed E-state index contributed by atoms with van der Waals surface area (Å²) >= 11 is 0. The molecule has 1 aliphatic heterocycles. The fourth-order valence-electron chi connectivity index (χ4n) is 2.06. The van der Waals surface area contributed by atoms with Crippen molar-refractivity contribution in [3.05, 3.63) is 0 Å². The van der Waals surface area contributed by atoms with Crippen molar-refractivity contribution < 1.29 is 9.59 Å². The first kappa shape index (κ1) is 18.2. The quantitative estimate of drug-likeness (QED) is 0.840. The molecule has 1 heterocycles. The molecule has 0 aliphatic carbocycles. The zero-order valence-corrected chi connectivity index (χ0v) is 12.7. The van der Waals surface area contributed by atoms with Gasteiger partial charge in [-0.25, -0.2) is 0 Å². The van der Waals surface area contributed by atoms with Gasteiger partial charge in [0.15, 0.2) is 0 Å². The Morgan fingerprint density at radius 1 is 1.37 bits per heavy atom. The molecule has 112 valence electrons. The maximum atomic E-state index is 12.0. The lowest BCUT2D eigenvalue weighted by atomic mass is 10.1. The molecular formula is C13H26ClN3O2. The van der Waals surface area contributed by atoms with Crippen molar-refractivity contribution in [2.75, 3.05) is 26.7 Å². The highest BCUT2D eigenvalue weighted by atomic mass is 35.5. The van der Waals surface area contributed by atoms with Crippen molar-refractivity contribution in [1.29, 1.82) is 0 Å². The van der Waals surface area contributed by atoms with E-state index in [1.54, 1.807) is 16.8 Å². The number of hydrogen-bond acceptors (Lipinski definition) is 3. The number of hydrogen-bond donors (Lipinski definition) is 1. The SMILES string of the molecule is CC(CN)N(C)C(=O)CN1CCCCCCC1=O.Cl. The van der Waals surface area contributed by atoms with Crippen LogP contribution in [0.2, 0.25) is 0 Å². The van der Waals surface area contributed by atoms with E-state index in [1.165, 1.54) is 0 Å². The second-order valence-corrected chi connectivity index (χ2v) is 5.07. The zero-order chi connectivity index (χ0) is 13.5. The van der Waals surface area contributed by atoms with Gasteiger partial charge >= 0.3 is 0 Å². The molecule has 1 fully saturated rings. The Balaban J connectivity index is 0.00000324. The number of nitrogens with two attached hydrogens (primary N) is 1. The number of amides is 2. The van der Waals surface area contributed by atoms with Gasteiger partial charge in [0.05, 0.1) is 6.54 Å². The molecule has 0 radical (unpaired) electrons. The molecule has 0 aromatic heterocycles. The fourth-order valence-corrected chi connectivity index (χ4v) is 2.06. The Kier molecular flexibility index (Phi) is 8.76. The minimum Gasteiger partial charge on any atom is -0.340 e. The van der Waals surface area contributed by atoms with Crippen LogP contribution in [0.15, 0.2) is 0 Å². The maximum absolute atomic E-state index is 12.0. The molecule has 6 heteroatoms. The van der Waals surface area contributed by atoms with Crippen molar-refractivity contribution in [1.82, 2.24) is 9.80 Å². The monoisotopic (exact) mass is 291 g/mol. The van der Waals surface area contributed by atoms with Gasteiger partial charge in [-0.05, 0) is 19.8 Å². The normalized spacial score (nSPS) is 18.1. The summed E-state index contributed by atoms with van der Waals surface area (Å²) in [6, 6.07) is 0.0161. The van der Waals surface area contributed by atoms with Crippen molar-refractivity contribution in [3.8, 4) is 0 Å². The van der Waals surface area contributed by atoms with Crippen LogP contribution in [0, 0.1) is 0 Å². The summed E-state index contributed by atoms with van der Waals surface area (Å²) in [5, 5.41) is 0. The summed E-state index contributed by atoms with van der Waals surface area (Å²) in [7, 11) is 1.74. The van der Waals surface area contributed by atoms with E-state index in [1.807, 2.05) is 6.92 Å². The fraction of sp³-hybridized carbons (Fsp3) is 0.846. The third-order valence-corrected chi connectivity index (χ3v) is 3.64. The van der Waals surface area contributed by atoms with Crippen LogP contribution in [0.4, 0.5) is 0 Å². The van der Waals surface area contributed by atoms with Gasteiger partial charge in [0.2, 0.25) is 11.8 Å². The van der Waals surface area contributed by atoms with Crippen LogP contribution in [0.3, 0.4) is 0 Å².